The highest BCUT2D eigenvalue weighted by Crippen LogP contribution is 2.31. The van der Waals surface area contributed by atoms with Crippen LogP contribution in [0.25, 0.3) is 0 Å². The molecule has 0 aliphatic rings. The van der Waals surface area contributed by atoms with Crippen molar-refractivity contribution < 1.29 is 8.42 Å². The number of aryl methyl sites for hydroxylation is 1. The molecule has 0 aliphatic heterocycles. The first-order valence-corrected chi connectivity index (χ1v) is 8.92. The summed E-state index contributed by atoms with van der Waals surface area (Å²) in [6.07, 6.45) is 1.77. The zero-order valence-corrected chi connectivity index (χ0v) is 14.3. The summed E-state index contributed by atoms with van der Waals surface area (Å²) >= 11 is 4.71. The third-order valence-electron chi connectivity index (χ3n) is 2.56. The van der Waals surface area contributed by atoms with Crippen molar-refractivity contribution in [3.8, 4) is 0 Å². The Morgan fingerprint density at radius 1 is 1.45 bits per heavy atom. The van der Waals surface area contributed by atoms with E-state index in [1.165, 1.54) is 11.3 Å². The van der Waals surface area contributed by atoms with E-state index >= 15 is 0 Å². The summed E-state index contributed by atoms with van der Waals surface area (Å²) in [6, 6.07) is 3.45. The van der Waals surface area contributed by atoms with Gasteiger partial charge in [-0.2, -0.15) is 5.10 Å². The lowest BCUT2D eigenvalue weighted by atomic mass is 10.4. The number of hydrogen-bond donors (Lipinski definition) is 2. The quantitative estimate of drug-likeness (QED) is 0.797. The Balaban J connectivity index is 2.13. The zero-order chi connectivity index (χ0) is 14.8. The molecule has 2 aromatic heterocycles. The van der Waals surface area contributed by atoms with E-state index in [1.54, 1.807) is 30.1 Å². The van der Waals surface area contributed by atoms with Gasteiger partial charge in [0.05, 0.1) is 16.0 Å². The first-order valence-electron chi connectivity index (χ1n) is 5.83. The van der Waals surface area contributed by atoms with Gasteiger partial charge in [-0.3, -0.25) is 4.68 Å². The smallest absolute Gasteiger partial charge is 0.242 e. The molecule has 0 aromatic carbocycles. The van der Waals surface area contributed by atoms with Crippen LogP contribution >= 0.6 is 27.3 Å². The monoisotopic (exact) mass is 378 g/mol. The van der Waals surface area contributed by atoms with Gasteiger partial charge in [0.1, 0.15) is 4.90 Å². The fraction of sp³-hybridized carbons (Fsp3) is 0.364. The van der Waals surface area contributed by atoms with E-state index in [-0.39, 0.29) is 11.4 Å². The van der Waals surface area contributed by atoms with Gasteiger partial charge in [-0.25, -0.2) is 13.1 Å². The van der Waals surface area contributed by atoms with Crippen LogP contribution in [-0.2, 0) is 30.2 Å². The third-order valence-corrected chi connectivity index (χ3v) is 6.21. The van der Waals surface area contributed by atoms with Crippen LogP contribution in [0, 0.1) is 0 Å². The van der Waals surface area contributed by atoms with Crippen molar-refractivity contribution in [1.82, 2.24) is 19.8 Å². The summed E-state index contributed by atoms with van der Waals surface area (Å²) in [5.74, 6) is 0. The maximum Gasteiger partial charge on any atom is 0.242 e. The van der Waals surface area contributed by atoms with E-state index in [2.05, 4.69) is 31.1 Å². The van der Waals surface area contributed by atoms with E-state index in [4.69, 9.17) is 0 Å². The van der Waals surface area contributed by atoms with E-state index in [1.807, 2.05) is 7.05 Å². The predicted octanol–water partition coefficient (Wildman–Crippen LogP) is 1.44. The van der Waals surface area contributed by atoms with E-state index < -0.39 is 10.0 Å². The highest BCUT2D eigenvalue weighted by molar-refractivity contribution is 9.11. The molecule has 0 unspecified atom stereocenters. The van der Waals surface area contributed by atoms with Gasteiger partial charge in [0.2, 0.25) is 10.0 Å². The van der Waals surface area contributed by atoms with Crippen LogP contribution in [0.15, 0.2) is 27.0 Å². The molecule has 2 aromatic rings. The standard InChI is InChI=1S/C11H15BrN4O2S2/c1-13-7-9-5-10(11(12)19-9)20(17,18)14-6-8-3-4-16(2)15-8/h3-5,13-14H,6-7H2,1-2H3. The molecule has 9 heteroatoms. The second kappa shape index (κ2) is 6.35. The molecule has 0 atom stereocenters. The molecule has 0 fully saturated rings. The van der Waals surface area contributed by atoms with Gasteiger partial charge in [-0.05, 0) is 35.1 Å². The lowest BCUT2D eigenvalue weighted by Crippen LogP contribution is -2.23. The second-order valence-electron chi connectivity index (χ2n) is 4.19. The Labute approximate surface area is 130 Å². The predicted molar refractivity (Wildman–Crippen MR) is 82.0 cm³/mol. The fourth-order valence-electron chi connectivity index (χ4n) is 1.65. The number of nitrogens with one attached hydrogen (secondary N) is 2. The average molecular weight is 379 g/mol. The van der Waals surface area contributed by atoms with Gasteiger partial charge in [0.15, 0.2) is 0 Å². The van der Waals surface area contributed by atoms with Crippen molar-refractivity contribution in [2.75, 3.05) is 7.05 Å². The van der Waals surface area contributed by atoms with E-state index in [9.17, 15) is 8.42 Å². The van der Waals surface area contributed by atoms with Crippen LogP contribution in [0.1, 0.15) is 10.6 Å². The average Bonchev–Trinajstić information content (AvgIpc) is 2.94. The number of nitrogens with zero attached hydrogens (tertiary/aromatic N) is 2. The van der Waals surface area contributed by atoms with Crippen molar-refractivity contribution in [1.29, 1.82) is 0 Å². The molecule has 20 heavy (non-hydrogen) atoms. The molecule has 6 nitrogen and oxygen atoms in total. The highest BCUT2D eigenvalue weighted by Gasteiger charge is 2.20. The molecular weight excluding hydrogens is 364 g/mol. The van der Waals surface area contributed by atoms with Gasteiger partial charge < -0.3 is 5.32 Å². The van der Waals surface area contributed by atoms with Gasteiger partial charge in [0, 0.05) is 24.7 Å². The molecule has 0 spiro atoms. The lowest BCUT2D eigenvalue weighted by molar-refractivity contribution is 0.579. The zero-order valence-electron chi connectivity index (χ0n) is 11.1. The molecule has 2 heterocycles. The summed E-state index contributed by atoms with van der Waals surface area (Å²) < 4.78 is 29.3. The van der Waals surface area contributed by atoms with Gasteiger partial charge >= 0.3 is 0 Å². The van der Waals surface area contributed by atoms with Crippen molar-refractivity contribution >= 4 is 37.3 Å². The number of sulfonamides is 1. The third kappa shape index (κ3) is 3.67. The maximum absolute atomic E-state index is 12.3. The number of thiophene rings is 1. The summed E-state index contributed by atoms with van der Waals surface area (Å²) in [5, 5.41) is 7.13. The van der Waals surface area contributed by atoms with Crippen LogP contribution in [0.5, 0.6) is 0 Å². The minimum Gasteiger partial charge on any atom is -0.315 e. The molecule has 2 N–H and O–H groups in total. The second-order valence-corrected chi connectivity index (χ2v) is 8.38. The number of aromatic nitrogens is 2. The van der Waals surface area contributed by atoms with Crippen LogP contribution in [0.4, 0.5) is 0 Å². The molecular formula is C11H15BrN4O2S2. The Morgan fingerprint density at radius 2 is 2.20 bits per heavy atom. The number of rotatable bonds is 6. The summed E-state index contributed by atoms with van der Waals surface area (Å²) in [4.78, 5) is 1.22. The van der Waals surface area contributed by atoms with Crippen LogP contribution < -0.4 is 10.0 Å². The Hall–Kier alpha value is -0.740. The number of halogens is 1. The Morgan fingerprint density at radius 3 is 2.80 bits per heavy atom. The first-order chi connectivity index (χ1) is 9.42. The van der Waals surface area contributed by atoms with Crippen LogP contribution in [0.3, 0.4) is 0 Å². The SMILES string of the molecule is CNCc1cc(S(=O)(=O)NCc2ccn(C)n2)c(Br)s1. The maximum atomic E-state index is 12.3. The molecule has 0 saturated carbocycles. The van der Waals surface area contributed by atoms with Crippen molar-refractivity contribution in [3.05, 3.63) is 32.7 Å². The minimum absolute atomic E-state index is 0.173. The minimum atomic E-state index is -3.54. The summed E-state index contributed by atoms with van der Waals surface area (Å²) in [5.41, 5.74) is 0.679. The Kier molecular flexibility index (Phi) is 4.97. The summed E-state index contributed by atoms with van der Waals surface area (Å²) in [6.45, 7) is 0.811. The largest absolute Gasteiger partial charge is 0.315 e. The van der Waals surface area contributed by atoms with Gasteiger partial charge in [-0.1, -0.05) is 0 Å². The van der Waals surface area contributed by atoms with Gasteiger partial charge in [-0.15, -0.1) is 11.3 Å². The van der Waals surface area contributed by atoms with Crippen molar-refractivity contribution in [2.24, 2.45) is 7.05 Å². The van der Waals surface area contributed by atoms with Crippen LogP contribution in [-0.4, -0.2) is 25.2 Å². The normalized spacial score (nSPS) is 11.9. The van der Waals surface area contributed by atoms with Crippen molar-refractivity contribution in [3.63, 3.8) is 0 Å². The van der Waals surface area contributed by atoms with Crippen LogP contribution in [0.2, 0.25) is 0 Å². The topological polar surface area (TPSA) is 76.0 Å². The summed E-state index contributed by atoms with van der Waals surface area (Å²) in [7, 11) is 0.0689. The molecule has 0 amide bonds. The molecule has 0 radical (unpaired) electrons. The first kappa shape index (κ1) is 15.6. The van der Waals surface area contributed by atoms with Gasteiger partial charge in [0.25, 0.3) is 0 Å². The fourth-order valence-corrected chi connectivity index (χ4v) is 5.34. The lowest BCUT2D eigenvalue weighted by Gasteiger charge is -2.03. The molecule has 0 saturated heterocycles. The molecule has 2 rings (SSSR count). The van der Waals surface area contributed by atoms with E-state index in [0.29, 0.717) is 16.0 Å². The highest BCUT2D eigenvalue weighted by atomic mass is 79.9. The Bertz CT molecular complexity index is 693. The molecule has 110 valence electrons. The van der Waals surface area contributed by atoms with E-state index in [0.717, 1.165) is 4.88 Å². The van der Waals surface area contributed by atoms with Crippen molar-refractivity contribution in [2.45, 2.75) is 18.0 Å². The number of hydrogen-bond acceptors (Lipinski definition) is 5. The molecule has 0 bridgehead atoms. The molecule has 0 aliphatic carbocycles.